The SMILES string of the molecule is Cc1nc(-c2ccc(NC(=O)CCN3CCCCCC3=O)cc2)n[nH]1. The second-order valence-electron chi connectivity index (χ2n) is 6.31. The van der Waals surface area contributed by atoms with Gasteiger partial charge in [-0.2, -0.15) is 5.10 Å². The molecule has 2 amide bonds. The van der Waals surface area contributed by atoms with E-state index in [1.807, 2.05) is 31.2 Å². The van der Waals surface area contributed by atoms with Crippen molar-refractivity contribution in [1.29, 1.82) is 0 Å². The van der Waals surface area contributed by atoms with Crippen LogP contribution in [-0.4, -0.2) is 45.0 Å². The van der Waals surface area contributed by atoms with Crippen LogP contribution in [0.1, 0.15) is 37.9 Å². The number of likely N-dealkylation sites (tertiary alicyclic amines) is 1. The summed E-state index contributed by atoms with van der Waals surface area (Å²) < 4.78 is 0. The van der Waals surface area contributed by atoms with E-state index in [0.717, 1.165) is 42.9 Å². The molecule has 132 valence electrons. The summed E-state index contributed by atoms with van der Waals surface area (Å²) in [5, 5.41) is 9.79. The highest BCUT2D eigenvalue weighted by atomic mass is 16.2. The zero-order valence-corrected chi connectivity index (χ0v) is 14.4. The second-order valence-corrected chi connectivity index (χ2v) is 6.31. The van der Waals surface area contributed by atoms with Crippen LogP contribution in [0.2, 0.25) is 0 Å². The van der Waals surface area contributed by atoms with Crippen molar-refractivity contribution in [2.45, 2.75) is 39.0 Å². The lowest BCUT2D eigenvalue weighted by molar-refractivity contribution is -0.131. The van der Waals surface area contributed by atoms with Crippen molar-refractivity contribution >= 4 is 17.5 Å². The molecular formula is C18H23N5O2. The number of anilines is 1. The maximum absolute atomic E-state index is 12.1. The van der Waals surface area contributed by atoms with Crippen LogP contribution in [0, 0.1) is 6.92 Å². The molecule has 0 radical (unpaired) electrons. The van der Waals surface area contributed by atoms with Gasteiger partial charge in [0.05, 0.1) is 0 Å². The highest BCUT2D eigenvalue weighted by Crippen LogP contribution is 2.18. The van der Waals surface area contributed by atoms with Crippen molar-refractivity contribution < 1.29 is 9.59 Å². The van der Waals surface area contributed by atoms with Crippen molar-refractivity contribution in [2.75, 3.05) is 18.4 Å². The van der Waals surface area contributed by atoms with Gasteiger partial charge in [0.25, 0.3) is 0 Å². The van der Waals surface area contributed by atoms with Gasteiger partial charge in [0, 0.05) is 37.2 Å². The fraction of sp³-hybridized carbons (Fsp3) is 0.444. The Kier molecular flexibility index (Phi) is 5.42. The number of aryl methyl sites for hydroxylation is 1. The van der Waals surface area contributed by atoms with Crippen LogP contribution in [0.3, 0.4) is 0 Å². The molecule has 1 aliphatic rings. The Hall–Kier alpha value is -2.70. The number of rotatable bonds is 5. The first-order valence-electron chi connectivity index (χ1n) is 8.69. The van der Waals surface area contributed by atoms with Gasteiger partial charge < -0.3 is 10.2 Å². The van der Waals surface area contributed by atoms with Gasteiger partial charge in [0.1, 0.15) is 5.82 Å². The molecular weight excluding hydrogens is 318 g/mol. The number of nitrogens with one attached hydrogen (secondary N) is 2. The third-order valence-electron chi connectivity index (χ3n) is 4.30. The number of aromatic amines is 1. The van der Waals surface area contributed by atoms with Gasteiger partial charge >= 0.3 is 0 Å². The number of carbonyl (C=O) groups excluding carboxylic acids is 2. The standard InChI is InChI=1S/C18H23N5O2/c1-13-19-18(22-21-13)14-6-8-15(9-7-14)20-16(24)10-12-23-11-4-2-3-5-17(23)25/h6-9H,2-5,10-12H2,1H3,(H,20,24)(H,19,21,22). The van der Waals surface area contributed by atoms with E-state index < -0.39 is 0 Å². The Morgan fingerprint density at radius 3 is 2.76 bits per heavy atom. The van der Waals surface area contributed by atoms with E-state index in [4.69, 9.17) is 0 Å². The lowest BCUT2D eigenvalue weighted by Crippen LogP contribution is -2.33. The number of nitrogens with zero attached hydrogens (tertiary/aromatic N) is 3. The first-order chi connectivity index (χ1) is 12.1. The van der Waals surface area contributed by atoms with Crippen molar-refractivity contribution in [3.63, 3.8) is 0 Å². The Labute approximate surface area is 146 Å². The molecule has 0 spiro atoms. The highest BCUT2D eigenvalue weighted by molar-refractivity contribution is 5.91. The lowest BCUT2D eigenvalue weighted by Gasteiger charge is -2.20. The summed E-state index contributed by atoms with van der Waals surface area (Å²) in [6, 6.07) is 7.40. The fourth-order valence-corrected chi connectivity index (χ4v) is 2.91. The molecule has 2 heterocycles. The second kappa shape index (κ2) is 7.92. The van der Waals surface area contributed by atoms with Gasteiger partial charge in [-0.05, 0) is 44.0 Å². The molecule has 1 fully saturated rings. The lowest BCUT2D eigenvalue weighted by atomic mass is 10.2. The molecule has 1 aromatic carbocycles. The Morgan fingerprint density at radius 1 is 1.24 bits per heavy atom. The Morgan fingerprint density at radius 2 is 2.04 bits per heavy atom. The van der Waals surface area contributed by atoms with Crippen LogP contribution in [0.15, 0.2) is 24.3 Å². The van der Waals surface area contributed by atoms with Gasteiger partial charge in [0.15, 0.2) is 5.82 Å². The quantitative estimate of drug-likeness (QED) is 0.874. The maximum atomic E-state index is 12.1. The zero-order chi connectivity index (χ0) is 17.6. The van der Waals surface area contributed by atoms with Gasteiger partial charge in [-0.15, -0.1) is 0 Å². The number of H-pyrrole nitrogens is 1. The molecule has 0 unspecified atom stereocenters. The molecule has 3 rings (SSSR count). The summed E-state index contributed by atoms with van der Waals surface area (Å²) in [5.41, 5.74) is 1.61. The van der Waals surface area contributed by atoms with E-state index in [1.165, 1.54) is 0 Å². The van der Waals surface area contributed by atoms with Crippen LogP contribution in [0.4, 0.5) is 5.69 Å². The van der Waals surface area contributed by atoms with Crippen molar-refractivity contribution in [3.05, 3.63) is 30.1 Å². The summed E-state index contributed by atoms with van der Waals surface area (Å²) in [4.78, 5) is 30.1. The van der Waals surface area contributed by atoms with E-state index in [1.54, 1.807) is 4.90 Å². The molecule has 0 saturated carbocycles. The van der Waals surface area contributed by atoms with E-state index in [9.17, 15) is 9.59 Å². The molecule has 7 heteroatoms. The van der Waals surface area contributed by atoms with Gasteiger partial charge in [0.2, 0.25) is 11.8 Å². The summed E-state index contributed by atoms with van der Waals surface area (Å²) in [6.07, 6.45) is 3.98. The highest BCUT2D eigenvalue weighted by Gasteiger charge is 2.17. The minimum Gasteiger partial charge on any atom is -0.342 e. The smallest absolute Gasteiger partial charge is 0.226 e. The molecule has 0 bridgehead atoms. The van der Waals surface area contributed by atoms with Crippen LogP contribution >= 0.6 is 0 Å². The molecule has 1 saturated heterocycles. The molecule has 25 heavy (non-hydrogen) atoms. The molecule has 2 N–H and O–H groups in total. The van der Waals surface area contributed by atoms with Crippen molar-refractivity contribution in [1.82, 2.24) is 20.1 Å². The monoisotopic (exact) mass is 341 g/mol. The first-order valence-corrected chi connectivity index (χ1v) is 8.69. The summed E-state index contributed by atoms with van der Waals surface area (Å²) in [5.74, 6) is 1.47. The van der Waals surface area contributed by atoms with E-state index in [-0.39, 0.29) is 11.8 Å². The van der Waals surface area contributed by atoms with Crippen molar-refractivity contribution in [3.8, 4) is 11.4 Å². The van der Waals surface area contributed by atoms with Crippen molar-refractivity contribution in [2.24, 2.45) is 0 Å². The fourth-order valence-electron chi connectivity index (χ4n) is 2.91. The summed E-state index contributed by atoms with van der Waals surface area (Å²) in [6.45, 7) is 3.09. The summed E-state index contributed by atoms with van der Waals surface area (Å²) >= 11 is 0. The molecule has 0 atom stereocenters. The number of carbonyl (C=O) groups is 2. The van der Waals surface area contributed by atoms with Crippen LogP contribution in [0.25, 0.3) is 11.4 Å². The molecule has 2 aromatic rings. The van der Waals surface area contributed by atoms with Gasteiger partial charge in [-0.25, -0.2) is 4.98 Å². The Balaban J connectivity index is 1.51. The van der Waals surface area contributed by atoms with Gasteiger partial charge in [-0.1, -0.05) is 6.42 Å². The van der Waals surface area contributed by atoms with E-state index in [2.05, 4.69) is 20.5 Å². The van der Waals surface area contributed by atoms with E-state index in [0.29, 0.717) is 25.2 Å². The summed E-state index contributed by atoms with van der Waals surface area (Å²) in [7, 11) is 0. The topological polar surface area (TPSA) is 91.0 Å². The number of hydrogen-bond acceptors (Lipinski definition) is 4. The third kappa shape index (κ3) is 4.65. The van der Waals surface area contributed by atoms with Crippen LogP contribution in [-0.2, 0) is 9.59 Å². The number of hydrogen-bond donors (Lipinski definition) is 2. The third-order valence-corrected chi connectivity index (χ3v) is 4.30. The Bertz CT molecular complexity index is 738. The average Bonchev–Trinajstić information content (AvgIpc) is 2.93. The minimum atomic E-state index is -0.0847. The predicted molar refractivity (Wildman–Crippen MR) is 94.9 cm³/mol. The first kappa shape index (κ1) is 17.1. The minimum absolute atomic E-state index is 0.0847. The number of aromatic nitrogens is 3. The maximum Gasteiger partial charge on any atom is 0.226 e. The number of benzene rings is 1. The van der Waals surface area contributed by atoms with Gasteiger partial charge in [-0.3, -0.25) is 14.7 Å². The average molecular weight is 341 g/mol. The molecule has 1 aromatic heterocycles. The molecule has 1 aliphatic heterocycles. The molecule has 0 aliphatic carbocycles. The van der Waals surface area contributed by atoms with Crippen LogP contribution in [0.5, 0.6) is 0 Å². The molecule has 7 nitrogen and oxygen atoms in total. The zero-order valence-electron chi connectivity index (χ0n) is 14.4. The predicted octanol–water partition coefficient (Wildman–Crippen LogP) is 2.51. The van der Waals surface area contributed by atoms with E-state index >= 15 is 0 Å². The van der Waals surface area contributed by atoms with Crippen LogP contribution < -0.4 is 5.32 Å². The normalized spacial score (nSPS) is 15.1. The number of amides is 2. The largest absolute Gasteiger partial charge is 0.342 e.